The Balaban J connectivity index is 2.19. The number of benzene rings is 2. The smallest absolute Gasteiger partial charge is 0.341 e. The number of carbonyl (C=O) groups is 2. The molecule has 1 heterocycles. The lowest BCUT2D eigenvalue weighted by molar-refractivity contribution is -0.142. The number of nitrogen functional groups attached to an aromatic ring is 1. The van der Waals surface area contributed by atoms with E-state index in [9.17, 15) is 9.59 Å². The van der Waals surface area contributed by atoms with Gasteiger partial charge in [0.2, 0.25) is 5.88 Å². The van der Waals surface area contributed by atoms with E-state index in [2.05, 4.69) is 11.8 Å². The van der Waals surface area contributed by atoms with Gasteiger partial charge in [0.25, 0.3) is 0 Å². The Bertz CT molecular complexity index is 1230. The van der Waals surface area contributed by atoms with Gasteiger partial charge in [-0.15, -0.1) is 12.8 Å². The monoisotopic (exact) mass is 444 g/mol. The van der Waals surface area contributed by atoms with Gasteiger partial charge in [-0.05, 0) is 54.3 Å². The van der Waals surface area contributed by atoms with E-state index in [4.69, 9.17) is 38.5 Å². The van der Waals surface area contributed by atoms with E-state index in [1.54, 1.807) is 6.07 Å². The van der Waals surface area contributed by atoms with Gasteiger partial charge in [0.05, 0.1) is 6.42 Å². The molecule has 0 radical (unpaired) electrons. The lowest BCUT2D eigenvalue weighted by Gasteiger charge is -2.30. The molecule has 0 aromatic heterocycles. The normalized spacial score (nSPS) is 14.4. The first-order chi connectivity index (χ1) is 15.8. The van der Waals surface area contributed by atoms with E-state index in [1.807, 2.05) is 38.1 Å². The van der Waals surface area contributed by atoms with E-state index in [-0.39, 0.29) is 31.1 Å². The Kier molecular flexibility index (Phi) is 6.95. The fraction of sp³-hybridized carbons (Fsp3) is 0.231. The first-order valence-electron chi connectivity index (χ1n) is 10.2. The van der Waals surface area contributed by atoms with Crippen LogP contribution in [0.25, 0.3) is 11.1 Å². The molecule has 7 heteroatoms. The van der Waals surface area contributed by atoms with Crippen LogP contribution in [0.4, 0.5) is 5.69 Å². The molecule has 2 aromatic carbocycles. The first-order valence-corrected chi connectivity index (χ1v) is 10.2. The molecule has 0 bridgehead atoms. The number of anilines is 1. The van der Waals surface area contributed by atoms with Crippen LogP contribution in [0.3, 0.4) is 0 Å². The van der Waals surface area contributed by atoms with Gasteiger partial charge in [0, 0.05) is 17.2 Å². The third-order valence-electron chi connectivity index (χ3n) is 5.34. The Morgan fingerprint density at radius 3 is 2.45 bits per heavy atom. The molecule has 0 aliphatic carbocycles. The number of rotatable bonds is 6. The molecule has 0 amide bonds. The molecule has 33 heavy (non-hydrogen) atoms. The molecule has 2 aromatic rings. The van der Waals surface area contributed by atoms with E-state index < -0.39 is 17.9 Å². The van der Waals surface area contributed by atoms with Crippen LogP contribution in [0.1, 0.15) is 29.0 Å². The van der Waals surface area contributed by atoms with Crippen molar-refractivity contribution in [3.63, 3.8) is 0 Å². The number of esters is 2. The third-order valence-corrected chi connectivity index (χ3v) is 5.34. The van der Waals surface area contributed by atoms with Crippen molar-refractivity contribution in [2.24, 2.45) is 5.73 Å². The van der Waals surface area contributed by atoms with E-state index in [0.717, 1.165) is 22.3 Å². The number of terminal acetylenes is 2. The van der Waals surface area contributed by atoms with Crippen molar-refractivity contribution in [1.29, 1.82) is 0 Å². The summed E-state index contributed by atoms with van der Waals surface area (Å²) in [5, 5.41) is 0. The minimum absolute atomic E-state index is 0.000821. The minimum Gasteiger partial charge on any atom is -0.452 e. The number of fused-ring (bicyclic) bond motifs is 1. The molecule has 1 unspecified atom stereocenters. The molecule has 7 nitrogen and oxygen atoms in total. The molecule has 1 atom stereocenters. The molecule has 4 N–H and O–H groups in total. The molecule has 3 rings (SSSR count). The lowest BCUT2D eigenvalue weighted by Crippen LogP contribution is -2.29. The number of aryl methyl sites for hydroxylation is 1. The average molecular weight is 444 g/mol. The zero-order valence-corrected chi connectivity index (χ0v) is 18.4. The Hall–Kier alpha value is -4.36. The summed E-state index contributed by atoms with van der Waals surface area (Å²) >= 11 is 0. The number of carbonyl (C=O) groups excluding carboxylic acids is 2. The molecule has 168 valence electrons. The molecule has 1 aliphatic heterocycles. The zero-order valence-electron chi connectivity index (χ0n) is 18.4. The van der Waals surface area contributed by atoms with Gasteiger partial charge in [-0.2, -0.15) is 0 Å². The molecular weight excluding hydrogens is 420 g/mol. The molecular formula is C26H24N2O5. The largest absolute Gasteiger partial charge is 0.452 e. The predicted octanol–water partition coefficient (Wildman–Crippen LogP) is 2.94. The van der Waals surface area contributed by atoms with E-state index >= 15 is 0 Å². The third kappa shape index (κ3) is 4.78. The van der Waals surface area contributed by atoms with Crippen molar-refractivity contribution in [2.45, 2.75) is 26.2 Å². The van der Waals surface area contributed by atoms with Crippen molar-refractivity contribution in [2.75, 3.05) is 18.9 Å². The second-order valence-corrected chi connectivity index (χ2v) is 7.51. The standard InChI is InChI=1S/C26H24N2O5/c1-5-10-31-21(29)14-19-23-16(4)22(17-8-7-9-18(27)13-17)15(3)12-20(23)33-25(28)24(19)26(30)32-11-6-2/h1-2,7-9,12-13,19H,10-11,14,27-28H2,3-4H3. The second kappa shape index (κ2) is 9.84. The molecule has 0 saturated heterocycles. The van der Waals surface area contributed by atoms with Crippen LogP contribution in [0.2, 0.25) is 0 Å². The van der Waals surface area contributed by atoms with Crippen LogP contribution in [0.15, 0.2) is 41.8 Å². The molecule has 0 saturated carbocycles. The van der Waals surface area contributed by atoms with Crippen LogP contribution >= 0.6 is 0 Å². The van der Waals surface area contributed by atoms with Crippen LogP contribution in [-0.2, 0) is 19.1 Å². The Labute approximate surface area is 192 Å². The van der Waals surface area contributed by atoms with Crippen molar-refractivity contribution in [1.82, 2.24) is 0 Å². The minimum atomic E-state index is -0.787. The zero-order chi connectivity index (χ0) is 24.1. The highest BCUT2D eigenvalue weighted by atomic mass is 16.5. The summed E-state index contributed by atoms with van der Waals surface area (Å²) in [4.78, 5) is 25.3. The predicted molar refractivity (Wildman–Crippen MR) is 125 cm³/mol. The Morgan fingerprint density at radius 1 is 1.09 bits per heavy atom. The van der Waals surface area contributed by atoms with Gasteiger partial charge < -0.3 is 25.7 Å². The highest BCUT2D eigenvalue weighted by Gasteiger charge is 2.38. The van der Waals surface area contributed by atoms with Crippen LogP contribution in [-0.4, -0.2) is 25.2 Å². The summed E-state index contributed by atoms with van der Waals surface area (Å²) in [7, 11) is 0. The lowest BCUT2D eigenvalue weighted by atomic mass is 9.80. The summed E-state index contributed by atoms with van der Waals surface area (Å²) in [5.74, 6) is 2.63. The Morgan fingerprint density at radius 2 is 1.79 bits per heavy atom. The van der Waals surface area contributed by atoms with Crippen molar-refractivity contribution < 1.29 is 23.8 Å². The molecule has 1 aliphatic rings. The van der Waals surface area contributed by atoms with Crippen molar-refractivity contribution >= 4 is 17.6 Å². The van der Waals surface area contributed by atoms with Gasteiger partial charge >= 0.3 is 11.9 Å². The first kappa shape index (κ1) is 23.3. The van der Waals surface area contributed by atoms with Gasteiger partial charge in [0.1, 0.15) is 11.3 Å². The maximum Gasteiger partial charge on any atom is 0.341 e. The number of hydrogen-bond donors (Lipinski definition) is 2. The second-order valence-electron chi connectivity index (χ2n) is 7.51. The summed E-state index contributed by atoms with van der Waals surface area (Å²) in [6.45, 7) is 3.38. The summed E-state index contributed by atoms with van der Waals surface area (Å²) in [6.07, 6.45) is 10.2. The average Bonchev–Trinajstić information content (AvgIpc) is 2.75. The fourth-order valence-corrected chi connectivity index (χ4v) is 4.09. The van der Waals surface area contributed by atoms with Gasteiger partial charge in [-0.1, -0.05) is 24.0 Å². The summed E-state index contributed by atoms with van der Waals surface area (Å²) in [5.41, 5.74) is 16.8. The maximum atomic E-state index is 12.8. The highest BCUT2D eigenvalue weighted by Crippen LogP contribution is 2.46. The van der Waals surface area contributed by atoms with Crippen LogP contribution < -0.4 is 16.2 Å². The van der Waals surface area contributed by atoms with Gasteiger partial charge in [-0.3, -0.25) is 4.79 Å². The SMILES string of the molecule is C#CCOC(=O)CC1C(C(=O)OCC#C)=C(N)Oc2cc(C)c(-c3cccc(N)c3)c(C)c21. The maximum absolute atomic E-state index is 12.8. The van der Waals surface area contributed by atoms with Gasteiger partial charge in [0.15, 0.2) is 13.2 Å². The van der Waals surface area contributed by atoms with E-state index in [0.29, 0.717) is 17.0 Å². The van der Waals surface area contributed by atoms with Crippen LogP contribution in [0.5, 0.6) is 5.75 Å². The fourth-order valence-electron chi connectivity index (χ4n) is 4.09. The quantitative estimate of drug-likeness (QED) is 0.400. The van der Waals surface area contributed by atoms with Gasteiger partial charge in [-0.25, -0.2) is 4.79 Å². The number of nitrogens with two attached hydrogens (primary N) is 2. The summed E-state index contributed by atoms with van der Waals surface area (Å²) < 4.78 is 16.0. The van der Waals surface area contributed by atoms with Crippen molar-refractivity contribution in [3.8, 4) is 41.6 Å². The topological polar surface area (TPSA) is 114 Å². The van der Waals surface area contributed by atoms with Crippen LogP contribution in [0, 0.1) is 38.5 Å². The molecule has 0 fully saturated rings. The number of hydrogen-bond acceptors (Lipinski definition) is 7. The van der Waals surface area contributed by atoms with E-state index in [1.165, 1.54) is 0 Å². The highest BCUT2D eigenvalue weighted by molar-refractivity contribution is 5.93. The van der Waals surface area contributed by atoms with Crippen molar-refractivity contribution in [3.05, 3.63) is 58.5 Å². The number of ether oxygens (including phenoxy) is 3. The summed E-state index contributed by atoms with van der Waals surface area (Å²) in [6, 6.07) is 9.26. The molecule has 0 spiro atoms.